The third kappa shape index (κ3) is 7.84. The van der Waals surface area contributed by atoms with Gasteiger partial charge in [-0.05, 0) is 44.6 Å². The summed E-state index contributed by atoms with van der Waals surface area (Å²) in [7, 11) is 2.99. The number of phenolic OH excluding ortho intramolecular Hbond substituents is 2. The van der Waals surface area contributed by atoms with Crippen LogP contribution in [0.3, 0.4) is 0 Å². The second-order valence-electron chi connectivity index (χ2n) is 11.3. The third-order valence-electron chi connectivity index (χ3n) is 7.97. The standard InChI is InChI=1S/C31H45N3O8/c1-17-13-21-26(34-11-8-12-34)23(35)16-22(28(21)37)33-30(38)18(2)9-7-10-24(40-5)29(42-31(32)39)20(4)15-19(3)27(36)25(14-17)41-6/h7,9-10,15-17,19,24-25,27,29,35-37H,8,11-14H2,1-6H3,(H2,32,39)(H,33,38)/b10-7+,18-9+,20-15+/t17-,19+,24-,25-,27+,29+/m1/s1. The van der Waals surface area contributed by atoms with Crippen LogP contribution in [0.1, 0.15) is 46.1 Å². The van der Waals surface area contributed by atoms with Crippen molar-refractivity contribution in [1.29, 1.82) is 0 Å². The number of phenols is 2. The van der Waals surface area contributed by atoms with Gasteiger partial charge in [0.15, 0.2) is 6.10 Å². The van der Waals surface area contributed by atoms with Crippen molar-refractivity contribution in [3.05, 3.63) is 47.1 Å². The largest absolute Gasteiger partial charge is 0.506 e. The van der Waals surface area contributed by atoms with Crippen LogP contribution in [0, 0.1) is 11.8 Å². The Morgan fingerprint density at radius 3 is 2.40 bits per heavy atom. The summed E-state index contributed by atoms with van der Waals surface area (Å²) in [5.41, 5.74) is 7.47. The number of allylic oxidation sites excluding steroid dienone is 2. The van der Waals surface area contributed by atoms with Crippen molar-refractivity contribution in [3.8, 4) is 11.5 Å². The van der Waals surface area contributed by atoms with Crippen LogP contribution in [-0.4, -0.2) is 79.0 Å². The molecule has 2 amide bonds. The topological polar surface area (TPSA) is 164 Å². The van der Waals surface area contributed by atoms with E-state index in [2.05, 4.69) is 5.32 Å². The van der Waals surface area contributed by atoms with Crippen LogP contribution >= 0.6 is 0 Å². The third-order valence-corrected chi connectivity index (χ3v) is 7.97. The molecule has 3 rings (SSSR count). The molecule has 2 heterocycles. The number of benzene rings is 1. The number of ether oxygens (including phenoxy) is 3. The Balaban J connectivity index is 2.10. The summed E-state index contributed by atoms with van der Waals surface area (Å²) in [4.78, 5) is 26.8. The van der Waals surface area contributed by atoms with Crippen LogP contribution in [0.25, 0.3) is 0 Å². The normalized spacial score (nSPS) is 31.1. The maximum absolute atomic E-state index is 13.1. The minimum Gasteiger partial charge on any atom is -0.506 e. The molecule has 0 aliphatic carbocycles. The first kappa shape index (κ1) is 33.0. The zero-order valence-corrected chi connectivity index (χ0v) is 25.3. The van der Waals surface area contributed by atoms with E-state index in [0.717, 1.165) is 19.5 Å². The average Bonchev–Trinajstić information content (AvgIpc) is 2.90. The summed E-state index contributed by atoms with van der Waals surface area (Å²) in [6, 6.07) is 1.37. The number of nitrogens with one attached hydrogen (secondary N) is 1. The molecule has 11 nitrogen and oxygen atoms in total. The van der Waals surface area contributed by atoms with Gasteiger partial charge in [-0.15, -0.1) is 0 Å². The molecule has 0 unspecified atom stereocenters. The van der Waals surface area contributed by atoms with E-state index in [1.807, 2.05) is 18.7 Å². The van der Waals surface area contributed by atoms with Gasteiger partial charge >= 0.3 is 6.09 Å². The summed E-state index contributed by atoms with van der Waals surface area (Å²) < 4.78 is 16.7. The smallest absolute Gasteiger partial charge is 0.405 e. The maximum atomic E-state index is 13.1. The van der Waals surface area contributed by atoms with Crippen molar-refractivity contribution >= 4 is 23.4 Å². The molecule has 11 heteroatoms. The Bertz CT molecular complexity index is 1220. The molecule has 1 fully saturated rings. The van der Waals surface area contributed by atoms with Crippen molar-refractivity contribution in [3.63, 3.8) is 0 Å². The Kier molecular flexibility index (Phi) is 11.4. The van der Waals surface area contributed by atoms with Gasteiger partial charge in [0, 0.05) is 50.4 Å². The summed E-state index contributed by atoms with van der Waals surface area (Å²) in [6.07, 6.45) is 4.28. The molecule has 0 spiro atoms. The van der Waals surface area contributed by atoms with Crippen molar-refractivity contribution in [2.24, 2.45) is 17.6 Å². The number of amides is 2. The number of anilines is 2. The van der Waals surface area contributed by atoms with Gasteiger partial charge < -0.3 is 45.5 Å². The number of carbonyl (C=O) groups excluding carboxylic acids is 2. The first-order chi connectivity index (χ1) is 19.9. The van der Waals surface area contributed by atoms with E-state index in [9.17, 15) is 24.9 Å². The maximum Gasteiger partial charge on any atom is 0.405 e. The second-order valence-corrected chi connectivity index (χ2v) is 11.3. The second kappa shape index (κ2) is 14.6. The fourth-order valence-electron chi connectivity index (χ4n) is 5.49. The van der Waals surface area contributed by atoms with Gasteiger partial charge in [-0.3, -0.25) is 4.79 Å². The van der Waals surface area contributed by atoms with E-state index in [-0.39, 0.29) is 23.1 Å². The molecule has 0 saturated carbocycles. The summed E-state index contributed by atoms with van der Waals surface area (Å²) in [5, 5.41) is 36.3. The van der Waals surface area contributed by atoms with E-state index >= 15 is 0 Å². The number of aliphatic hydroxyl groups is 1. The van der Waals surface area contributed by atoms with Crippen molar-refractivity contribution < 1.29 is 39.1 Å². The van der Waals surface area contributed by atoms with Crippen LogP contribution in [-0.2, 0) is 25.4 Å². The number of hydrogen-bond acceptors (Lipinski definition) is 9. The molecule has 232 valence electrons. The molecule has 2 bridgehead atoms. The molecular formula is C31H45N3O8. The van der Waals surface area contributed by atoms with Gasteiger partial charge in [0.05, 0.1) is 23.6 Å². The minimum atomic E-state index is -0.980. The SMILES string of the molecule is CO[C@@H]1/C=C/C=C(\C)C(=O)Nc2cc(O)c(N3CCC3)c(c2O)C[C@@H](C)C[C@@H](OC)[C@@H](O)[C@@H](C)/C=C(\C)[C@@H]1OC(N)=O. The van der Waals surface area contributed by atoms with E-state index < -0.39 is 42.3 Å². The summed E-state index contributed by atoms with van der Waals surface area (Å²) >= 11 is 0. The van der Waals surface area contributed by atoms with Crippen LogP contribution in [0.15, 0.2) is 41.5 Å². The Hall–Kier alpha value is -3.54. The van der Waals surface area contributed by atoms with E-state index in [4.69, 9.17) is 19.9 Å². The lowest BCUT2D eigenvalue weighted by molar-refractivity contribution is -0.112. The van der Waals surface area contributed by atoms with Gasteiger partial charge in [-0.2, -0.15) is 0 Å². The lowest BCUT2D eigenvalue weighted by Crippen LogP contribution is -2.38. The first-order valence-electron chi connectivity index (χ1n) is 14.2. The number of carbonyl (C=O) groups is 2. The molecule has 1 saturated heterocycles. The lowest BCUT2D eigenvalue weighted by Gasteiger charge is -2.36. The van der Waals surface area contributed by atoms with Crippen molar-refractivity contribution in [2.75, 3.05) is 37.5 Å². The van der Waals surface area contributed by atoms with Gasteiger partial charge in [0.25, 0.3) is 5.91 Å². The number of methoxy groups -OCH3 is 2. The van der Waals surface area contributed by atoms with Gasteiger partial charge in [0.2, 0.25) is 0 Å². The average molecular weight is 588 g/mol. The molecule has 2 aliphatic heterocycles. The fraction of sp³-hybridized carbons (Fsp3) is 0.548. The molecule has 2 aliphatic rings. The van der Waals surface area contributed by atoms with E-state index in [1.54, 1.807) is 38.2 Å². The number of nitrogens with two attached hydrogens (primary N) is 1. The zero-order valence-electron chi connectivity index (χ0n) is 25.3. The van der Waals surface area contributed by atoms with E-state index in [1.165, 1.54) is 20.3 Å². The molecule has 6 atom stereocenters. The molecule has 6 N–H and O–H groups in total. The van der Waals surface area contributed by atoms with E-state index in [0.29, 0.717) is 35.2 Å². The number of aromatic hydroxyl groups is 2. The predicted octanol–water partition coefficient (Wildman–Crippen LogP) is 3.77. The van der Waals surface area contributed by atoms with Crippen molar-refractivity contribution in [1.82, 2.24) is 0 Å². The molecular weight excluding hydrogens is 542 g/mol. The number of rotatable bonds is 4. The number of aliphatic hydroxyl groups excluding tert-OH is 1. The van der Waals surface area contributed by atoms with Crippen LogP contribution in [0.4, 0.5) is 16.2 Å². The fourth-order valence-corrected chi connectivity index (χ4v) is 5.49. The first-order valence-corrected chi connectivity index (χ1v) is 14.2. The molecule has 1 aromatic rings. The van der Waals surface area contributed by atoms with Gasteiger partial charge in [0.1, 0.15) is 17.6 Å². The highest BCUT2D eigenvalue weighted by Gasteiger charge is 2.31. The highest BCUT2D eigenvalue weighted by Crippen LogP contribution is 2.45. The molecule has 1 aromatic carbocycles. The van der Waals surface area contributed by atoms with Gasteiger partial charge in [-0.1, -0.05) is 38.2 Å². The summed E-state index contributed by atoms with van der Waals surface area (Å²) in [5.74, 6) is -1.10. The quantitative estimate of drug-likeness (QED) is 0.200. The van der Waals surface area contributed by atoms with Crippen LogP contribution in [0.5, 0.6) is 11.5 Å². The molecule has 42 heavy (non-hydrogen) atoms. The number of hydrogen-bond donors (Lipinski definition) is 5. The Morgan fingerprint density at radius 1 is 1.14 bits per heavy atom. The Labute approximate surface area is 247 Å². The predicted molar refractivity (Wildman–Crippen MR) is 161 cm³/mol. The van der Waals surface area contributed by atoms with Crippen LogP contribution < -0.4 is 16.0 Å². The number of primary amides is 1. The monoisotopic (exact) mass is 587 g/mol. The van der Waals surface area contributed by atoms with Crippen molar-refractivity contribution in [2.45, 2.75) is 71.4 Å². The lowest BCUT2D eigenvalue weighted by atomic mass is 9.87. The molecule has 0 radical (unpaired) electrons. The Morgan fingerprint density at radius 2 is 1.83 bits per heavy atom. The zero-order chi connectivity index (χ0) is 31.1. The molecule has 0 aromatic heterocycles. The number of fused-ring (bicyclic) bond motifs is 2. The summed E-state index contributed by atoms with van der Waals surface area (Å²) in [6.45, 7) is 8.68. The van der Waals surface area contributed by atoms with Gasteiger partial charge in [-0.25, -0.2) is 4.79 Å². The number of nitrogens with zero attached hydrogens (tertiary/aromatic N) is 1. The highest BCUT2D eigenvalue weighted by atomic mass is 16.6. The van der Waals surface area contributed by atoms with Crippen LogP contribution in [0.2, 0.25) is 0 Å². The minimum absolute atomic E-state index is 0.0292. The highest BCUT2D eigenvalue weighted by molar-refractivity contribution is 6.05.